The van der Waals surface area contributed by atoms with Gasteiger partial charge in [0.25, 0.3) is 0 Å². The van der Waals surface area contributed by atoms with E-state index in [4.69, 9.17) is 9.47 Å². The summed E-state index contributed by atoms with van der Waals surface area (Å²) >= 11 is 0. The van der Waals surface area contributed by atoms with Gasteiger partial charge in [0.2, 0.25) is 11.3 Å². The number of aromatic amines is 1. The van der Waals surface area contributed by atoms with Crippen LogP contribution in [0.25, 0.3) is 11.2 Å². The fourth-order valence-corrected chi connectivity index (χ4v) is 1.73. The fraction of sp³-hybridized carbons (Fsp3) is 0.385. The Labute approximate surface area is 115 Å². The summed E-state index contributed by atoms with van der Waals surface area (Å²) in [5, 5.41) is 0. The van der Waals surface area contributed by atoms with Gasteiger partial charge in [-0.05, 0) is 20.8 Å². The van der Waals surface area contributed by atoms with E-state index in [1.165, 1.54) is 6.20 Å². The lowest BCUT2D eigenvalue weighted by atomic mass is 10.2. The average Bonchev–Trinajstić information content (AvgIpc) is 2.41. The maximum atomic E-state index is 12.2. The summed E-state index contributed by atoms with van der Waals surface area (Å²) < 4.78 is 10.1. The van der Waals surface area contributed by atoms with Crippen molar-refractivity contribution in [2.24, 2.45) is 0 Å². The smallest absolute Gasteiger partial charge is 0.343 e. The number of aryl methyl sites for hydroxylation is 1. The van der Waals surface area contributed by atoms with Crippen LogP contribution in [0, 0.1) is 6.92 Å². The quantitative estimate of drug-likeness (QED) is 0.844. The molecule has 1 N–H and O–H groups in total. The Morgan fingerprint density at radius 3 is 2.70 bits per heavy atom. The Bertz CT molecular complexity index is 709. The van der Waals surface area contributed by atoms with Crippen molar-refractivity contribution in [2.45, 2.75) is 20.8 Å². The summed E-state index contributed by atoms with van der Waals surface area (Å²) in [7, 11) is 0. The Hall–Kier alpha value is -2.44. The molecule has 0 radical (unpaired) electrons. The molecule has 0 fully saturated rings. The number of carbonyl (C=O) groups is 1. The summed E-state index contributed by atoms with van der Waals surface area (Å²) in [6.07, 6.45) is 1.29. The van der Waals surface area contributed by atoms with Gasteiger partial charge in [-0.15, -0.1) is 0 Å². The molecule has 0 spiro atoms. The molecule has 0 atom stereocenters. The second-order valence-corrected chi connectivity index (χ2v) is 4.00. The minimum absolute atomic E-state index is 0.0598. The van der Waals surface area contributed by atoms with Gasteiger partial charge in [-0.1, -0.05) is 0 Å². The number of hydrogen-bond acceptors (Lipinski definition) is 6. The van der Waals surface area contributed by atoms with Crippen LogP contribution in [-0.4, -0.2) is 34.1 Å². The van der Waals surface area contributed by atoms with Crippen molar-refractivity contribution in [3.05, 3.63) is 27.7 Å². The number of H-pyrrole nitrogens is 1. The largest absolute Gasteiger partial charge is 0.477 e. The van der Waals surface area contributed by atoms with Crippen molar-refractivity contribution >= 4 is 17.1 Å². The standard InChI is InChI=1S/C13H15N3O4/c1-4-19-12-7(3)15-11-9(16-12)10(17)8(6-14-11)13(18)20-5-2/h6H,4-5H2,1-3H3,(H,14,15,17). The van der Waals surface area contributed by atoms with Crippen molar-refractivity contribution in [3.8, 4) is 5.88 Å². The highest BCUT2D eigenvalue weighted by Crippen LogP contribution is 2.15. The molecule has 2 heterocycles. The molecule has 0 bridgehead atoms. The number of esters is 1. The molecule has 0 amide bonds. The molecule has 2 rings (SSSR count). The third kappa shape index (κ3) is 2.47. The maximum Gasteiger partial charge on any atom is 0.343 e. The molecular weight excluding hydrogens is 262 g/mol. The maximum absolute atomic E-state index is 12.2. The topological polar surface area (TPSA) is 94.2 Å². The van der Waals surface area contributed by atoms with E-state index in [-0.39, 0.29) is 23.6 Å². The van der Waals surface area contributed by atoms with Crippen LogP contribution in [0.4, 0.5) is 0 Å². The Morgan fingerprint density at radius 1 is 1.30 bits per heavy atom. The highest BCUT2D eigenvalue weighted by Gasteiger charge is 2.17. The summed E-state index contributed by atoms with van der Waals surface area (Å²) in [4.78, 5) is 35.0. The minimum Gasteiger partial charge on any atom is -0.477 e. The van der Waals surface area contributed by atoms with Crippen molar-refractivity contribution in [1.29, 1.82) is 0 Å². The Balaban J connectivity index is 2.62. The van der Waals surface area contributed by atoms with Crippen LogP contribution < -0.4 is 10.2 Å². The van der Waals surface area contributed by atoms with Crippen molar-refractivity contribution in [3.63, 3.8) is 0 Å². The number of hydrogen-bond donors (Lipinski definition) is 1. The lowest BCUT2D eigenvalue weighted by Crippen LogP contribution is -2.19. The van der Waals surface area contributed by atoms with Crippen LogP contribution in [0.15, 0.2) is 11.0 Å². The first-order valence-electron chi connectivity index (χ1n) is 6.28. The lowest BCUT2D eigenvalue weighted by Gasteiger charge is -2.07. The zero-order valence-corrected chi connectivity index (χ0v) is 11.5. The molecule has 7 heteroatoms. The normalized spacial score (nSPS) is 10.6. The van der Waals surface area contributed by atoms with E-state index >= 15 is 0 Å². The van der Waals surface area contributed by atoms with Gasteiger partial charge in [-0.2, -0.15) is 0 Å². The van der Waals surface area contributed by atoms with Gasteiger partial charge < -0.3 is 14.5 Å². The van der Waals surface area contributed by atoms with E-state index in [0.29, 0.717) is 17.9 Å². The van der Waals surface area contributed by atoms with Crippen molar-refractivity contribution in [1.82, 2.24) is 15.0 Å². The van der Waals surface area contributed by atoms with E-state index in [0.717, 1.165) is 0 Å². The van der Waals surface area contributed by atoms with E-state index < -0.39 is 11.4 Å². The number of nitrogens with one attached hydrogen (secondary N) is 1. The number of nitrogens with zero attached hydrogens (tertiary/aromatic N) is 2. The molecule has 106 valence electrons. The van der Waals surface area contributed by atoms with Crippen LogP contribution >= 0.6 is 0 Å². The molecule has 0 saturated heterocycles. The van der Waals surface area contributed by atoms with E-state index in [1.54, 1.807) is 13.8 Å². The predicted molar refractivity (Wildman–Crippen MR) is 72.0 cm³/mol. The zero-order chi connectivity index (χ0) is 14.7. The van der Waals surface area contributed by atoms with Gasteiger partial charge in [0.05, 0.1) is 13.2 Å². The molecule has 0 aromatic carbocycles. The number of pyridine rings is 1. The van der Waals surface area contributed by atoms with Crippen LogP contribution in [0.2, 0.25) is 0 Å². The number of aromatic nitrogens is 3. The van der Waals surface area contributed by atoms with Crippen molar-refractivity contribution < 1.29 is 14.3 Å². The first-order valence-corrected chi connectivity index (χ1v) is 6.28. The van der Waals surface area contributed by atoms with Gasteiger partial charge in [-0.25, -0.2) is 14.8 Å². The molecule has 2 aromatic rings. The van der Waals surface area contributed by atoms with E-state index in [1.807, 2.05) is 6.92 Å². The molecule has 0 aliphatic rings. The first kappa shape index (κ1) is 14.0. The molecule has 0 aliphatic carbocycles. The monoisotopic (exact) mass is 277 g/mol. The van der Waals surface area contributed by atoms with Gasteiger partial charge in [0, 0.05) is 6.20 Å². The Morgan fingerprint density at radius 2 is 2.05 bits per heavy atom. The second-order valence-electron chi connectivity index (χ2n) is 4.00. The number of rotatable bonds is 4. The third-order valence-corrected chi connectivity index (χ3v) is 2.62. The lowest BCUT2D eigenvalue weighted by molar-refractivity contribution is 0.0524. The molecule has 7 nitrogen and oxygen atoms in total. The molecule has 0 aliphatic heterocycles. The molecule has 20 heavy (non-hydrogen) atoms. The van der Waals surface area contributed by atoms with Gasteiger partial charge in [0.1, 0.15) is 11.3 Å². The molecule has 0 unspecified atom stereocenters. The summed E-state index contributed by atoms with van der Waals surface area (Å²) in [6.45, 7) is 5.82. The van der Waals surface area contributed by atoms with Crippen LogP contribution in [0.1, 0.15) is 29.9 Å². The fourth-order valence-electron chi connectivity index (χ4n) is 1.73. The van der Waals surface area contributed by atoms with E-state index in [9.17, 15) is 9.59 Å². The highest BCUT2D eigenvalue weighted by molar-refractivity contribution is 5.92. The zero-order valence-electron chi connectivity index (χ0n) is 11.5. The van der Waals surface area contributed by atoms with Gasteiger partial charge >= 0.3 is 5.97 Å². The average molecular weight is 277 g/mol. The number of ether oxygens (including phenoxy) is 2. The number of carbonyl (C=O) groups excluding carboxylic acids is 1. The molecule has 0 saturated carbocycles. The second kappa shape index (κ2) is 5.68. The molecule has 2 aromatic heterocycles. The predicted octanol–water partition coefficient (Wildman–Crippen LogP) is 1.20. The van der Waals surface area contributed by atoms with Gasteiger partial charge in [-0.3, -0.25) is 4.79 Å². The molecular formula is C13H15N3O4. The van der Waals surface area contributed by atoms with E-state index in [2.05, 4.69) is 15.0 Å². The first-order chi connectivity index (χ1) is 9.58. The third-order valence-electron chi connectivity index (χ3n) is 2.62. The van der Waals surface area contributed by atoms with Gasteiger partial charge in [0.15, 0.2) is 11.2 Å². The summed E-state index contributed by atoms with van der Waals surface area (Å²) in [6, 6.07) is 0. The minimum atomic E-state index is -0.684. The number of fused-ring (bicyclic) bond motifs is 1. The van der Waals surface area contributed by atoms with Crippen LogP contribution in [0.5, 0.6) is 5.88 Å². The Kier molecular flexibility index (Phi) is 3.97. The summed E-state index contributed by atoms with van der Waals surface area (Å²) in [5.74, 6) is -0.400. The van der Waals surface area contributed by atoms with Crippen LogP contribution in [0.3, 0.4) is 0 Å². The highest BCUT2D eigenvalue weighted by atomic mass is 16.5. The SMILES string of the molecule is CCOC(=O)c1c[nH]c2nc(C)c(OCC)nc2c1=O. The van der Waals surface area contributed by atoms with Crippen molar-refractivity contribution in [2.75, 3.05) is 13.2 Å². The summed E-state index contributed by atoms with van der Waals surface area (Å²) in [5.41, 5.74) is 0.318. The van der Waals surface area contributed by atoms with Crippen LogP contribution in [-0.2, 0) is 4.74 Å².